The van der Waals surface area contributed by atoms with Gasteiger partial charge in [0.25, 0.3) is 0 Å². The maximum Gasteiger partial charge on any atom is 0.0553 e. The van der Waals surface area contributed by atoms with E-state index in [1.165, 1.54) is 77.1 Å². The maximum absolute atomic E-state index is 2.42. The monoisotopic (exact) mass is 764 g/mol. The Morgan fingerprint density at radius 1 is 0.283 bits per heavy atom. The Labute approximate surface area is 350 Å². The van der Waals surface area contributed by atoms with Crippen LogP contribution in [0.25, 0.3) is 82.8 Å². The minimum atomic E-state index is 1.09. The summed E-state index contributed by atoms with van der Waals surface area (Å²) in [5, 5.41) is 4.94. The van der Waals surface area contributed by atoms with Crippen LogP contribution in [0.3, 0.4) is 0 Å². The molecule has 0 aliphatic heterocycles. The lowest BCUT2D eigenvalue weighted by Crippen LogP contribution is -2.10. The summed E-state index contributed by atoms with van der Waals surface area (Å²) < 4.78 is 2.42. The lowest BCUT2D eigenvalue weighted by Gasteiger charge is -2.27. The predicted molar refractivity (Wildman–Crippen MR) is 255 cm³/mol. The molecule has 0 bridgehead atoms. The van der Waals surface area contributed by atoms with Crippen LogP contribution in [0.5, 0.6) is 0 Å². The first-order chi connectivity index (χ1) is 29.8. The van der Waals surface area contributed by atoms with E-state index < -0.39 is 0 Å². The third kappa shape index (κ3) is 6.32. The van der Waals surface area contributed by atoms with Gasteiger partial charge in [-0.05, 0) is 122 Å². The van der Waals surface area contributed by atoms with E-state index in [0.29, 0.717) is 0 Å². The smallest absolute Gasteiger partial charge is 0.0553 e. The van der Waals surface area contributed by atoms with Gasteiger partial charge in [-0.3, -0.25) is 0 Å². The molecule has 2 nitrogen and oxygen atoms in total. The number of anilines is 3. The van der Waals surface area contributed by atoms with Crippen molar-refractivity contribution in [2.75, 3.05) is 4.90 Å². The second-order valence-electron chi connectivity index (χ2n) is 15.4. The third-order valence-corrected chi connectivity index (χ3v) is 11.7. The highest BCUT2D eigenvalue weighted by Crippen LogP contribution is 2.45. The minimum absolute atomic E-state index is 1.09. The standard InChI is InChI=1S/C58H40N2/c1-4-17-41(18-5-1)44-22-14-23-45(37-44)43-33-35-50(36-34-43)59(51-28-15-24-46(38-51)42-19-6-2-7-20-42)52-29-16-25-48(39-52)57-53-30-11-10-21-47(53)40-56-58(57)54-31-12-13-32-55(54)60(56)49-26-8-3-9-27-49/h1-40H. The summed E-state index contributed by atoms with van der Waals surface area (Å²) in [6, 6.07) is 87.9. The molecule has 0 saturated carbocycles. The molecule has 0 aliphatic rings. The van der Waals surface area contributed by atoms with E-state index in [-0.39, 0.29) is 0 Å². The van der Waals surface area contributed by atoms with Crippen LogP contribution in [-0.4, -0.2) is 4.57 Å². The molecule has 0 amide bonds. The zero-order chi connectivity index (χ0) is 39.8. The number of hydrogen-bond donors (Lipinski definition) is 0. The van der Waals surface area contributed by atoms with Gasteiger partial charge in [0.1, 0.15) is 0 Å². The van der Waals surface area contributed by atoms with E-state index in [4.69, 9.17) is 0 Å². The third-order valence-electron chi connectivity index (χ3n) is 11.7. The molecule has 11 rings (SSSR count). The van der Waals surface area contributed by atoms with Gasteiger partial charge in [-0.15, -0.1) is 0 Å². The fraction of sp³-hybridized carbons (Fsp3) is 0. The van der Waals surface area contributed by atoms with Crippen molar-refractivity contribution in [1.29, 1.82) is 0 Å². The Morgan fingerprint density at radius 2 is 0.767 bits per heavy atom. The summed E-state index contributed by atoms with van der Waals surface area (Å²) in [5.74, 6) is 0. The minimum Gasteiger partial charge on any atom is -0.310 e. The fourth-order valence-electron chi connectivity index (χ4n) is 8.96. The van der Waals surface area contributed by atoms with Crippen LogP contribution in [0.15, 0.2) is 243 Å². The molecule has 2 heteroatoms. The normalized spacial score (nSPS) is 11.3. The molecule has 0 N–H and O–H groups in total. The number of nitrogens with zero attached hydrogens (tertiary/aromatic N) is 2. The highest BCUT2D eigenvalue weighted by atomic mass is 15.1. The molecule has 0 fully saturated rings. The topological polar surface area (TPSA) is 8.17 Å². The van der Waals surface area contributed by atoms with Gasteiger partial charge in [-0.2, -0.15) is 0 Å². The molecule has 0 radical (unpaired) electrons. The zero-order valence-corrected chi connectivity index (χ0v) is 33.0. The van der Waals surface area contributed by atoms with Crippen LogP contribution in [0.1, 0.15) is 0 Å². The highest BCUT2D eigenvalue weighted by molar-refractivity contribution is 6.23. The molecule has 0 saturated heterocycles. The number of aromatic nitrogens is 1. The van der Waals surface area contributed by atoms with Crippen LogP contribution >= 0.6 is 0 Å². The number of para-hydroxylation sites is 2. The maximum atomic E-state index is 2.42. The summed E-state index contributed by atoms with van der Waals surface area (Å²) in [4.78, 5) is 2.40. The van der Waals surface area contributed by atoms with Crippen LogP contribution in [0.4, 0.5) is 17.1 Å². The summed E-state index contributed by atoms with van der Waals surface area (Å²) in [6.07, 6.45) is 0. The number of hydrogen-bond acceptors (Lipinski definition) is 1. The molecule has 11 aromatic rings. The van der Waals surface area contributed by atoms with E-state index in [9.17, 15) is 0 Å². The number of benzene rings is 10. The molecule has 282 valence electrons. The number of rotatable bonds is 8. The Balaban J connectivity index is 1.10. The highest BCUT2D eigenvalue weighted by Gasteiger charge is 2.21. The van der Waals surface area contributed by atoms with Gasteiger partial charge in [0, 0.05) is 33.5 Å². The average Bonchev–Trinajstić information content (AvgIpc) is 3.66. The Hall–Kier alpha value is -7.94. The van der Waals surface area contributed by atoms with Gasteiger partial charge in [0.05, 0.1) is 11.0 Å². The molecule has 0 atom stereocenters. The van der Waals surface area contributed by atoms with Crippen molar-refractivity contribution in [3.8, 4) is 50.2 Å². The summed E-state index contributed by atoms with van der Waals surface area (Å²) in [6.45, 7) is 0. The Bertz CT molecular complexity index is 3290. The van der Waals surface area contributed by atoms with Crippen LogP contribution < -0.4 is 4.90 Å². The SMILES string of the molecule is c1ccc(-c2cccc(-c3ccc(N(c4cccc(-c5ccccc5)c4)c4cccc(-c5c6ccccc6cc6c5c5ccccc5n6-c5ccccc5)c4)cc3)c2)cc1. The summed E-state index contributed by atoms with van der Waals surface area (Å²) in [7, 11) is 0. The lowest BCUT2D eigenvalue weighted by atomic mass is 9.92. The first kappa shape index (κ1) is 35.2. The van der Waals surface area contributed by atoms with Gasteiger partial charge in [0.15, 0.2) is 0 Å². The van der Waals surface area contributed by atoms with E-state index in [0.717, 1.165) is 22.7 Å². The largest absolute Gasteiger partial charge is 0.310 e. The first-order valence-electron chi connectivity index (χ1n) is 20.6. The van der Waals surface area contributed by atoms with Gasteiger partial charge in [-0.1, -0.05) is 176 Å². The van der Waals surface area contributed by atoms with Crippen LogP contribution in [0.2, 0.25) is 0 Å². The molecule has 1 heterocycles. The van der Waals surface area contributed by atoms with Crippen LogP contribution in [0, 0.1) is 0 Å². The second kappa shape index (κ2) is 15.1. The molecule has 0 spiro atoms. The quantitative estimate of drug-likeness (QED) is 0.150. The van der Waals surface area contributed by atoms with Gasteiger partial charge in [0.2, 0.25) is 0 Å². The van der Waals surface area contributed by atoms with E-state index in [1.54, 1.807) is 0 Å². The number of fused-ring (bicyclic) bond motifs is 4. The van der Waals surface area contributed by atoms with Crippen molar-refractivity contribution in [2.24, 2.45) is 0 Å². The van der Waals surface area contributed by atoms with E-state index >= 15 is 0 Å². The molecule has 10 aromatic carbocycles. The van der Waals surface area contributed by atoms with Gasteiger partial charge in [-0.25, -0.2) is 0 Å². The molecular weight excluding hydrogens is 725 g/mol. The van der Waals surface area contributed by atoms with E-state index in [1.807, 2.05) is 0 Å². The second-order valence-corrected chi connectivity index (χ2v) is 15.4. The molecular formula is C58H40N2. The van der Waals surface area contributed by atoms with Gasteiger partial charge < -0.3 is 9.47 Å². The Morgan fingerprint density at radius 3 is 1.43 bits per heavy atom. The fourth-order valence-corrected chi connectivity index (χ4v) is 8.96. The van der Waals surface area contributed by atoms with E-state index in [2.05, 4.69) is 252 Å². The van der Waals surface area contributed by atoms with Crippen molar-refractivity contribution in [3.63, 3.8) is 0 Å². The lowest BCUT2D eigenvalue weighted by molar-refractivity contribution is 1.18. The first-order valence-corrected chi connectivity index (χ1v) is 20.6. The van der Waals surface area contributed by atoms with Crippen molar-refractivity contribution in [3.05, 3.63) is 243 Å². The van der Waals surface area contributed by atoms with Crippen molar-refractivity contribution in [2.45, 2.75) is 0 Å². The van der Waals surface area contributed by atoms with Crippen LogP contribution in [-0.2, 0) is 0 Å². The van der Waals surface area contributed by atoms with Crippen molar-refractivity contribution >= 4 is 49.6 Å². The molecule has 0 unspecified atom stereocenters. The predicted octanol–water partition coefficient (Wildman–Crippen LogP) is 16.1. The van der Waals surface area contributed by atoms with Gasteiger partial charge >= 0.3 is 0 Å². The zero-order valence-electron chi connectivity index (χ0n) is 33.0. The molecule has 60 heavy (non-hydrogen) atoms. The molecule has 0 aliphatic carbocycles. The molecule has 1 aromatic heterocycles. The Kier molecular flexibility index (Phi) is 8.87. The van der Waals surface area contributed by atoms with Crippen molar-refractivity contribution in [1.82, 2.24) is 4.57 Å². The summed E-state index contributed by atoms with van der Waals surface area (Å²) >= 11 is 0. The summed E-state index contributed by atoms with van der Waals surface area (Å²) in [5.41, 5.74) is 16.4. The average molecular weight is 765 g/mol. The van der Waals surface area contributed by atoms with Crippen molar-refractivity contribution < 1.29 is 0 Å².